The summed E-state index contributed by atoms with van der Waals surface area (Å²) >= 11 is 1.62. The van der Waals surface area contributed by atoms with E-state index < -0.39 is 28.4 Å². The molecule has 0 unspecified atom stereocenters. The number of carbonyl (C=O) groups excluding carboxylic acids is 2. The van der Waals surface area contributed by atoms with E-state index in [9.17, 15) is 18.0 Å². The Kier molecular flexibility index (Phi) is 6.38. The average molecular weight is 445 g/mol. The van der Waals surface area contributed by atoms with Gasteiger partial charge in [0.1, 0.15) is 11.4 Å². The average Bonchev–Trinajstić information content (AvgIpc) is 2.88. The lowest BCUT2D eigenvalue weighted by Crippen LogP contribution is -2.40. The third-order valence-corrected chi connectivity index (χ3v) is 7.82. The van der Waals surface area contributed by atoms with Gasteiger partial charge in [0.05, 0.1) is 0 Å². The third kappa shape index (κ3) is 4.29. The molecule has 1 heterocycles. The molecule has 0 spiro atoms. The molecule has 0 bridgehead atoms. The first-order chi connectivity index (χ1) is 14.1. The van der Waals surface area contributed by atoms with Gasteiger partial charge in [0.25, 0.3) is 15.9 Å². The summed E-state index contributed by atoms with van der Waals surface area (Å²) in [6.45, 7) is 5.01. The molecule has 8 heteroatoms. The normalized spacial score (nSPS) is 15.6. The van der Waals surface area contributed by atoms with E-state index in [0.29, 0.717) is 9.87 Å². The van der Waals surface area contributed by atoms with Crippen LogP contribution in [0.3, 0.4) is 0 Å². The van der Waals surface area contributed by atoms with Gasteiger partial charge in [-0.1, -0.05) is 30.3 Å². The van der Waals surface area contributed by atoms with Crippen LogP contribution in [-0.4, -0.2) is 37.3 Å². The second-order valence-corrected chi connectivity index (χ2v) is 9.87. The molecule has 2 aromatic rings. The molecule has 0 aromatic heterocycles. The molecule has 2 amide bonds. The topological polar surface area (TPSA) is 83.6 Å². The molecular formula is C22H24N2O4S2. The first-order valence-corrected chi connectivity index (χ1v) is 12.1. The summed E-state index contributed by atoms with van der Waals surface area (Å²) in [6.07, 6.45) is 1.98. The van der Waals surface area contributed by atoms with E-state index in [1.54, 1.807) is 23.9 Å². The maximum atomic E-state index is 13.1. The van der Waals surface area contributed by atoms with Gasteiger partial charge in [0.2, 0.25) is 5.91 Å². The molecule has 0 saturated heterocycles. The predicted octanol–water partition coefficient (Wildman–Crippen LogP) is 3.24. The minimum Gasteiger partial charge on any atom is -0.350 e. The van der Waals surface area contributed by atoms with Gasteiger partial charge >= 0.3 is 0 Å². The number of hydrogen-bond donors (Lipinski definition) is 1. The Balaban J connectivity index is 1.74. The number of aryl methyl sites for hydroxylation is 2. The van der Waals surface area contributed by atoms with Gasteiger partial charge in [0, 0.05) is 17.0 Å². The molecule has 6 nitrogen and oxygen atoms in total. The maximum Gasteiger partial charge on any atom is 0.268 e. The number of nitrogens with one attached hydrogen (secondary N) is 1. The van der Waals surface area contributed by atoms with Gasteiger partial charge in [-0.25, -0.2) is 12.7 Å². The van der Waals surface area contributed by atoms with Crippen LogP contribution in [0.4, 0.5) is 0 Å². The molecule has 1 N–H and O–H groups in total. The standard InChI is InChI=1S/C22H24N2O4S2/c1-14-5-8-18(11-15(14)2)21-16(3)22(26)24(30(21,27)28)13-20(25)23-12-17-6-9-19(29-4)10-7-17/h5-11H,12-13H2,1-4H3,(H,23,25). The number of thioether (sulfide) groups is 1. The molecule has 0 atom stereocenters. The van der Waals surface area contributed by atoms with Crippen molar-refractivity contribution in [1.82, 2.24) is 9.62 Å². The van der Waals surface area contributed by atoms with E-state index in [1.165, 1.54) is 6.92 Å². The maximum absolute atomic E-state index is 13.1. The van der Waals surface area contributed by atoms with Crippen molar-refractivity contribution in [3.8, 4) is 0 Å². The fraction of sp³-hybridized carbons (Fsp3) is 0.273. The lowest BCUT2D eigenvalue weighted by Gasteiger charge is -2.17. The number of rotatable bonds is 6. The molecule has 30 heavy (non-hydrogen) atoms. The molecular weight excluding hydrogens is 420 g/mol. The SMILES string of the molecule is CSc1ccc(CNC(=O)CN2C(=O)C(C)=C(c3ccc(C)c(C)c3)S2(=O)=O)cc1. The van der Waals surface area contributed by atoms with E-state index >= 15 is 0 Å². The molecule has 3 rings (SSSR count). The van der Waals surface area contributed by atoms with Crippen LogP contribution >= 0.6 is 11.8 Å². The Morgan fingerprint density at radius 3 is 2.30 bits per heavy atom. The Bertz CT molecular complexity index is 1140. The van der Waals surface area contributed by atoms with Crippen LogP contribution in [0.2, 0.25) is 0 Å². The summed E-state index contributed by atoms with van der Waals surface area (Å²) < 4.78 is 26.8. The number of nitrogens with zero attached hydrogens (tertiary/aromatic N) is 1. The molecule has 1 aliphatic heterocycles. The predicted molar refractivity (Wildman–Crippen MR) is 119 cm³/mol. The highest BCUT2D eigenvalue weighted by Crippen LogP contribution is 2.35. The van der Waals surface area contributed by atoms with Crippen molar-refractivity contribution in [3.05, 3.63) is 70.3 Å². The first-order valence-electron chi connectivity index (χ1n) is 9.40. The number of carbonyl (C=O) groups is 2. The Morgan fingerprint density at radius 1 is 1.03 bits per heavy atom. The van der Waals surface area contributed by atoms with Crippen molar-refractivity contribution in [2.75, 3.05) is 12.8 Å². The minimum absolute atomic E-state index is 0.0314. The quantitative estimate of drug-likeness (QED) is 0.692. The highest BCUT2D eigenvalue weighted by atomic mass is 32.2. The Hall–Kier alpha value is -2.58. The van der Waals surface area contributed by atoms with E-state index in [0.717, 1.165) is 21.6 Å². The van der Waals surface area contributed by atoms with Crippen LogP contribution in [0.15, 0.2) is 52.9 Å². The van der Waals surface area contributed by atoms with Gasteiger partial charge in [-0.2, -0.15) is 0 Å². The van der Waals surface area contributed by atoms with Gasteiger partial charge in [-0.15, -0.1) is 11.8 Å². The highest BCUT2D eigenvalue weighted by molar-refractivity contribution is 7.99. The second kappa shape index (κ2) is 8.65. The highest BCUT2D eigenvalue weighted by Gasteiger charge is 2.43. The fourth-order valence-electron chi connectivity index (χ4n) is 3.23. The Labute approximate surface area is 181 Å². The summed E-state index contributed by atoms with van der Waals surface area (Å²) in [7, 11) is -4.10. The van der Waals surface area contributed by atoms with Crippen molar-refractivity contribution in [2.24, 2.45) is 0 Å². The lowest BCUT2D eigenvalue weighted by molar-refractivity contribution is -0.128. The van der Waals surface area contributed by atoms with Crippen molar-refractivity contribution in [1.29, 1.82) is 0 Å². The van der Waals surface area contributed by atoms with E-state index in [-0.39, 0.29) is 17.0 Å². The number of sulfonamides is 1. The summed E-state index contributed by atoms with van der Waals surface area (Å²) in [5.41, 5.74) is 3.43. The van der Waals surface area contributed by atoms with Crippen molar-refractivity contribution in [3.63, 3.8) is 0 Å². The largest absolute Gasteiger partial charge is 0.350 e. The minimum atomic E-state index is -4.10. The monoisotopic (exact) mass is 444 g/mol. The van der Waals surface area contributed by atoms with Crippen LogP contribution in [-0.2, 0) is 26.2 Å². The van der Waals surface area contributed by atoms with Gasteiger partial charge < -0.3 is 5.32 Å². The molecule has 0 fully saturated rings. The summed E-state index contributed by atoms with van der Waals surface area (Å²) in [5.74, 6) is -1.20. The summed E-state index contributed by atoms with van der Waals surface area (Å²) in [6, 6.07) is 12.9. The number of hydrogen-bond acceptors (Lipinski definition) is 5. The van der Waals surface area contributed by atoms with Gasteiger partial charge in [-0.05, 0) is 61.4 Å². The summed E-state index contributed by atoms with van der Waals surface area (Å²) in [5, 5.41) is 2.69. The molecule has 0 radical (unpaired) electrons. The van der Waals surface area contributed by atoms with Crippen molar-refractivity contribution < 1.29 is 18.0 Å². The van der Waals surface area contributed by atoms with Crippen molar-refractivity contribution in [2.45, 2.75) is 32.2 Å². The number of benzene rings is 2. The molecule has 0 saturated carbocycles. The van der Waals surface area contributed by atoms with E-state index in [1.807, 2.05) is 50.4 Å². The number of amides is 2. The fourth-order valence-corrected chi connectivity index (χ4v) is 5.40. The van der Waals surface area contributed by atoms with Crippen LogP contribution in [0.25, 0.3) is 4.91 Å². The van der Waals surface area contributed by atoms with Gasteiger partial charge in [0.15, 0.2) is 0 Å². The zero-order chi connectivity index (χ0) is 22.1. The second-order valence-electron chi connectivity index (χ2n) is 7.19. The van der Waals surface area contributed by atoms with Crippen LogP contribution < -0.4 is 5.32 Å². The smallest absolute Gasteiger partial charge is 0.268 e. The zero-order valence-corrected chi connectivity index (χ0v) is 19.0. The van der Waals surface area contributed by atoms with Crippen LogP contribution in [0.1, 0.15) is 29.2 Å². The lowest BCUT2D eigenvalue weighted by atomic mass is 10.0. The molecule has 158 valence electrons. The summed E-state index contributed by atoms with van der Waals surface area (Å²) in [4.78, 5) is 26.1. The van der Waals surface area contributed by atoms with Gasteiger partial charge in [-0.3, -0.25) is 9.59 Å². The van der Waals surface area contributed by atoms with E-state index in [2.05, 4.69) is 5.32 Å². The third-order valence-electron chi connectivity index (χ3n) is 5.14. The van der Waals surface area contributed by atoms with E-state index in [4.69, 9.17) is 0 Å². The molecule has 1 aliphatic rings. The Morgan fingerprint density at radius 2 is 1.70 bits per heavy atom. The van der Waals surface area contributed by atoms with Crippen LogP contribution in [0, 0.1) is 13.8 Å². The van der Waals surface area contributed by atoms with Crippen molar-refractivity contribution >= 4 is 38.5 Å². The molecule has 2 aromatic carbocycles. The van der Waals surface area contributed by atoms with Crippen LogP contribution in [0.5, 0.6) is 0 Å². The first kappa shape index (κ1) is 22.1. The molecule has 0 aliphatic carbocycles. The zero-order valence-electron chi connectivity index (χ0n) is 17.4.